The minimum Gasteiger partial charge on any atom is -0.549 e. The van der Waals surface area contributed by atoms with Crippen molar-refractivity contribution in [2.24, 2.45) is 0 Å². The Morgan fingerprint density at radius 1 is 1.10 bits per heavy atom. The van der Waals surface area contributed by atoms with Crippen LogP contribution in [0.1, 0.15) is 34.1 Å². The molecule has 0 radical (unpaired) electrons. The van der Waals surface area contributed by atoms with Crippen molar-refractivity contribution >= 4 is 22.2 Å². The summed E-state index contributed by atoms with van der Waals surface area (Å²) in [6.07, 6.45) is 5.87. The van der Waals surface area contributed by atoms with Gasteiger partial charge in [0.1, 0.15) is 0 Å². The monoisotopic (exact) mass is 326 g/mol. The number of carbonyl (C=O) groups excluding carboxylic acids is 1. The predicted octanol–water partition coefficient (Wildman–Crippen LogP) is 5.77. The van der Waals surface area contributed by atoms with Gasteiger partial charge in [-0.15, -0.1) is 0 Å². The lowest BCUT2D eigenvalue weighted by Gasteiger charge is -2.35. The highest BCUT2D eigenvalue weighted by Gasteiger charge is 2.38. The molecule has 0 aromatic rings. The van der Waals surface area contributed by atoms with Gasteiger partial charge in [-0.3, -0.25) is 4.79 Å². The van der Waals surface area contributed by atoms with Crippen LogP contribution in [0.5, 0.6) is 0 Å². The first kappa shape index (κ1) is 20.4. The van der Waals surface area contributed by atoms with Crippen molar-refractivity contribution in [3.05, 3.63) is 24.0 Å². The Morgan fingerprint density at radius 2 is 1.62 bits per heavy atom. The van der Waals surface area contributed by atoms with E-state index in [1.165, 1.54) is 0 Å². The molecule has 0 aliphatic carbocycles. The minimum atomic E-state index is -1.80. The molecule has 0 aliphatic rings. The molecule has 4 heteroatoms. The lowest BCUT2D eigenvalue weighted by atomic mass is 10.1. The second kappa shape index (κ2) is 7.59. The van der Waals surface area contributed by atoms with Gasteiger partial charge in [-0.2, -0.15) is 0 Å². The van der Waals surface area contributed by atoms with Crippen molar-refractivity contribution < 1.29 is 9.22 Å². The standard InChI is InChI=1S/C17H34O2Si2/c1-10-11-16(18)12-15(14-20(5,6)7)13-19-21(8,9)17(2,3)4/h10-11,13H,12,14H2,1-9H3/b11-10+,15-13-. The Balaban J connectivity index is 5.12. The molecule has 0 N–H and O–H groups in total. The van der Waals surface area contributed by atoms with E-state index < -0.39 is 16.4 Å². The van der Waals surface area contributed by atoms with Gasteiger partial charge < -0.3 is 4.43 Å². The fourth-order valence-electron chi connectivity index (χ4n) is 1.70. The molecule has 0 atom stereocenters. The van der Waals surface area contributed by atoms with Gasteiger partial charge in [-0.25, -0.2) is 0 Å². The molecule has 0 unspecified atom stereocenters. The SMILES string of the molecule is C/C=C/C(=O)C/C(=C/O[Si](C)(C)C(C)(C)C)C[Si](C)(C)C. The van der Waals surface area contributed by atoms with E-state index in [9.17, 15) is 4.79 Å². The van der Waals surface area contributed by atoms with E-state index in [0.717, 1.165) is 11.6 Å². The van der Waals surface area contributed by atoms with E-state index in [0.29, 0.717) is 6.42 Å². The quantitative estimate of drug-likeness (QED) is 0.337. The van der Waals surface area contributed by atoms with E-state index in [4.69, 9.17) is 4.43 Å². The van der Waals surface area contributed by atoms with Crippen LogP contribution in [-0.4, -0.2) is 22.2 Å². The normalized spacial score (nSPS) is 14.6. The van der Waals surface area contributed by atoms with Gasteiger partial charge in [-0.05, 0) is 42.7 Å². The molecule has 0 rings (SSSR count). The topological polar surface area (TPSA) is 26.3 Å². The third-order valence-corrected chi connectivity index (χ3v) is 9.67. The highest BCUT2D eigenvalue weighted by molar-refractivity contribution is 6.76. The summed E-state index contributed by atoms with van der Waals surface area (Å²) in [5.41, 5.74) is 1.15. The second-order valence-corrected chi connectivity index (χ2v) is 18.8. The van der Waals surface area contributed by atoms with Crippen LogP contribution in [0, 0.1) is 0 Å². The molecule has 0 heterocycles. The maximum atomic E-state index is 11.9. The Bertz CT molecular complexity index is 407. The average Bonchev–Trinajstić information content (AvgIpc) is 2.22. The third-order valence-electron chi connectivity index (χ3n) is 3.84. The zero-order chi connectivity index (χ0) is 16.9. The Labute approximate surface area is 133 Å². The van der Waals surface area contributed by atoms with Gasteiger partial charge >= 0.3 is 0 Å². The summed E-state index contributed by atoms with van der Waals surface area (Å²) in [5, 5.41) is 0.182. The molecule has 0 bridgehead atoms. The zero-order valence-electron chi connectivity index (χ0n) is 15.5. The van der Waals surface area contributed by atoms with E-state index in [1.54, 1.807) is 6.08 Å². The van der Waals surface area contributed by atoms with Gasteiger partial charge in [-0.1, -0.05) is 46.5 Å². The highest BCUT2D eigenvalue weighted by atomic mass is 28.4. The fraction of sp³-hybridized carbons (Fsp3) is 0.706. The first-order valence-corrected chi connectivity index (χ1v) is 14.4. The summed E-state index contributed by atoms with van der Waals surface area (Å²) >= 11 is 0. The summed E-state index contributed by atoms with van der Waals surface area (Å²) in [4.78, 5) is 11.9. The molecule has 0 aromatic carbocycles. The Hall–Kier alpha value is -0.616. The second-order valence-electron chi connectivity index (χ2n) is 8.53. The molecule has 0 spiro atoms. The molecule has 0 amide bonds. The highest BCUT2D eigenvalue weighted by Crippen LogP contribution is 2.37. The maximum Gasteiger partial charge on any atom is 0.249 e. The number of allylic oxidation sites excluding steroid dienone is 3. The van der Waals surface area contributed by atoms with E-state index in [2.05, 4.69) is 53.5 Å². The van der Waals surface area contributed by atoms with Crippen LogP contribution in [0.3, 0.4) is 0 Å². The van der Waals surface area contributed by atoms with Crippen molar-refractivity contribution in [2.45, 2.75) is 77.9 Å². The van der Waals surface area contributed by atoms with Gasteiger partial charge in [0.25, 0.3) is 0 Å². The lowest BCUT2D eigenvalue weighted by molar-refractivity contribution is -0.114. The number of rotatable bonds is 7. The van der Waals surface area contributed by atoms with E-state index >= 15 is 0 Å². The first-order valence-electron chi connectivity index (χ1n) is 7.80. The van der Waals surface area contributed by atoms with Gasteiger partial charge in [0, 0.05) is 14.5 Å². The largest absolute Gasteiger partial charge is 0.549 e. The molecule has 2 nitrogen and oxygen atoms in total. The first-order chi connectivity index (χ1) is 9.28. The van der Waals surface area contributed by atoms with Crippen LogP contribution in [0.25, 0.3) is 0 Å². The third kappa shape index (κ3) is 8.41. The van der Waals surface area contributed by atoms with Crippen LogP contribution < -0.4 is 0 Å². The summed E-state index contributed by atoms with van der Waals surface area (Å²) in [6.45, 7) is 20.0. The summed E-state index contributed by atoms with van der Waals surface area (Å²) < 4.78 is 6.20. The van der Waals surface area contributed by atoms with Crippen molar-refractivity contribution in [2.75, 3.05) is 0 Å². The van der Waals surface area contributed by atoms with Gasteiger partial charge in [0.2, 0.25) is 8.32 Å². The Morgan fingerprint density at radius 3 is 2.00 bits per heavy atom. The predicted molar refractivity (Wildman–Crippen MR) is 99.0 cm³/mol. The van der Waals surface area contributed by atoms with Crippen molar-refractivity contribution in [3.8, 4) is 0 Å². The number of carbonyl (C=O) groups is 1. The molecule has 0 saturated carbocycles. The number of ketones is 1. The van der Waals surface area contributed by atoms with Crippen LogP contribution >= 0.6 is 0 Å². The summed E-state index contributed by atoms with van der Waals surface area (Å²) in [6, 6.07) is 1.02. The molecule has 0 fully saturated rings. The number of hydrogen-bond donors (Lipinski definition) is 0. The van der Waals surface area contributed by atoms with Gasteiger partial charge in [0.15, 0.2) is 5.78 Å². The summed E-state index contributed by atoms with van der Waals surface area (Å²) in [7, 11) is -3.06. The van der Waals surface area contributed by atoms with Gasteiger partial charge in [0.05, 0.1) is 6.26 Å². The molecular weight excluding hydrogens is 292 g/mol. The minimum absolute atomic E-state index is 0.167. The van der Waals surface area contributed by atoms with Crippen molar-refractivity contribution in [3.63, 3.8) is 0 Å². The molecule has 21 heavy (non-hydrogen) atoms. The fourth-order valence-corrected chi connectivity index (χ4v) is 4.09. The van der Waals surface area contributed by atoms with Crippen LogP contribution in [-0.2, 0) is 9.22 Å². The maximum absolute atomic E-state index is 11.9. The zero-order valence-corrected chi connectivity index (χ0v) is 17.5. The van der Waals surface area contributed by atoms with E-state index in [1.807, 2.05) is 19.3 Å². The number of hydrogen-bond acceptors (Lipinski definition) is 2. The summed E-state index contributed by atoms with van der Waals surface area (Å²) in [5.74, 6) is 0.167. The molecule has 0 aliphatic heterocycles. The van der Waals surface area contributed by atoms with E-state index in [-0.39, 0.29) is 10.8 Å². The smallest absolute Gasteiger partial charge is 0.249 e. The van der Waals surface area contributed by atoms with Crippen molar-refractivity contribution in [1.29, 1.82) is 0 Å². The lowest BCUT2D eigenvalue weighted by Crippen LogP contribution is -2.39. The Kier molecular flexibility index (Phi) is 7.36. The van der Waals surface area contributed by atoms with Crippen LogP contribution in [0.4, 0.5) is 0 Å². The average molecular weight is 327 g/mol. The molecule has 122 valence electrons. The van der Waals surface area contributed by atoms with Crippen LogP contribution in [0.2, 0.25) is 43.8 Å². The molecule has 0 saturated heterocycles. The van der Waals surface area contributed by atoms with Crippen molar-refractivity contribution in [1.82, 2.24) is 0 Å². The molecule has 0 aromatic heterocycles. The van der Waals surface area contributed by atoms with Crippen LogP contribution in [0.15, 0.2) is 24.0 Å². The molecular formula is C17H34O2Si2.